The summed E-state index contributed by atoms with van der Waals surface area (Å²) < 4.78 is 12.4. The molecule has 1 aromatic carbocycles. The molecule has 3 rings (SSSR count). The van der Waals surface area contributed by atoms with Gasteiger partial charge in [0.2, 0.25) is 5.91 Å². The predicted molar refractivity (Wildman–Crippen MR) is 148 cm³/mol. The Morgan fingerprint density at radius 2 is 1.74 bits per heavy atom. The maximum absolute atomic E-state index is 13.0. The first kappa shape index (κ1) is 28.1. The van der Waals surface area contributed by atoms with Crippen molar-refractivity contribution < 1.29 is 14.3 Å². The lowest BCUT2D eigenvalue weighted by Gasteiger charge is -2.44. The normalized spacial score (nSPS) is 27.5. The van der Waals surface area contributed by atoms with Crippen LogP contribution in [0.4, 0.5) is 0 Å². The first-order valence-electron chi connectivity index (χ1n) is 13.7. The smallest absolute Gasteiger partial charge is 0.220 e. The minimum Gasteiger partial charge on any atom is -0.356 e. The predicted octanol–water partition coefficient (Wildman–Crippen LogP) is 6.77. The van der Waals surface area contributed by atoms with Gasteiger partial charge in [-0.3, -0.25) is 4.79 Å². The average Bonchev–Trinajstić information content (AvgIpc) is 2.78. The van der Waals surface area contributed by atoms with E-state index in [2.05, 4.69) is 82.6 Å². The van der Waals surface area contributed by atoms with Gasteiger partial charge in [-0.1, -0.05) is 82.0 Å². The summed E-state index contributed by atoms with van der Waals surface area (Å²) >= 11 is 0. The lowest BCUT2D eigenvalue weighted by molar-refractivity contribution is -0.293. The van der Waals surface area contributed by atoms with Crippen molar-refractivity contribution in [3.05, 3.63) is 47.2 Å². The van der Waals surface area contributed by atoms with E-state index in [0.29, 0.717) is 30.7 Å². The van der Waals surface area contributed by atoms with Gasteiger partial charge in [0.15, 0.2) is 5.79 Å². The number of nitrogens with one attached hydrogen (secondary N) is 1. The monoisotopic (exact) mass is 499 g/mol. The van der Waals surface area contributed by atoms with E-state index in [1.807, 2.05) is 6.07 Å². The molecule has 1 aliphatic heterocycles. The maximum atomic E-state index is 13.0. The van der Waals surface area contributed by atoms with Crippen LogP contribution in [0.5, 0.6) is 0 Å². The Morgan fingerprint density at radius 1 is 1.09 bits per heavy atom. The summed E-state index contributed by atoms with van der Waals surface area (Å²) in [6, 6.07) is 10.4. The SMILES string of the molecule is C[C@@H]1CC[C@@H](CC(=O)NCCc2ccccc2)/C(=C/[Si](C)(C)C)[C@H]1CCC1(C)OCC(C)(C)CO1. The van der Waals surface area contributed by atoms with E-state index < -0.39 is 13.9 Å². The zero-order valence-corrected chi connectivity index (χ0v) is 24.3. The van der Waals surface area contributed by atoms with Crippen molar-refractivity contribution in [3.8, 4) is 0 Å². The molecule has 2 aliphatic rings. The van der Waals surface area contributed by atoms with Crippen molar-refractivity contribution in [2.75, 3.05) is 19.8 Å². The second-order valence-corrected chi connectivity index (χ2v) is 18.1. The van der Waals surface area contributed by atoms with Gasteiger partial charge in [0, 0.05) is 24.8 Å². The van der Waals surface area contributed by atoms with E-state index in [9.17, 15) is 4.79 Å². The highest BCUT2D eigenvalue weighted by molar-refractivity contribution is 6.81. The quantitative estimate of drug-likeness (QED) is 0.381. The van der Waals surface area contributed by atoms with E-state index in [1.54, 1.807) is 5.57 Å². The molecule has 1 saturated heterocycles. The van der Waals surface area contributed by atoms with Crippen LogP contribution >= 0.6 is 0 Å². The molecule has 0 radical (unpaired) electrons. The number of rotatable bonds is 9. The Hall–Kier alpha value is -1.43. The molecule has 4 nitrogen and oxygen atoms in total. The fourth-order valence-electron chi connectivity index (χ4n) is 5.49. The third-order valence-corrected chi connectivity index (χ3v) is 8.81. The average molecular weight is 500 g/mol. The van der Waals surface area contributed by atoms with Crippen molar-refractivity contribution in [2.24, 2.45) is 23.2 Å². The van der Waals surface area contributed by atoms with Crippen LogP contribution in [0.15, 0.2) is 41.6 Å². The van der Waals surface area contributed by atoms with E-state index in [0.717, 1.165) is 38.9 Å². The van der Waals surface area contributed by atoms with E-state index in [-0.39, 0.29) is 11.3 Å². The first-order valence-corrected chi connectivity index (χ1v) is 17.2. The molecule has 1 heterocycles. The van der Waals surface area contributed by atoms with Crippen molar-refractivity contribution in [1.29, 1.82) is 0 Å². The van der Waals surface area contributed by atoms with Crippen molar-refractivity contribution >= 4 is 14.0 Å². The van der Waals surface area contributed by atoms with Crippen molar-refractivity contribution in [2.45, 2.75) is 91.6 Å². The van der Waals surface area contributed by atoms with Crippen LogP contribution in [-0.2, 0) is 20.7 Å². The molecule has 1 saturated carbocycles. The molecule has 1 aromatic rings. The Labute approximate surface area is 215 Å². The van der Waals surface area contributed by atoms with Gasteiger partial charge in [-0.25, -0.2) is 0 Å². The molecule has 0 aromatic heterocycles. The molecular weight excluding hydrogens is 450 g/mol. The van der Waals surface area contributed by atoms with E-state index in [1.165, 1.54) is 12.0 Å². The van der Waals surface area contributed by atoms with Crippen LogP contribution in [0.1, 0.15) is 65.4 Å². The van der Waals surface area contributed by atoms with Gasteiger partial charge in [-0.05, 0) is 55.9 Å². The van der Waals surface area contributed by atoms with Gasteiger partial charge in [0.1, 0.15) is 0 Å². The van der Waals surface area contributed by atoms with Crippen LogP contribution in [0, 0.1) is 23.2 Å². The van der Waals surface area contributed by atoms with Crippen LogP contribution in [-0.4, -0.2) is 39.5 Å². The third-order valence-electron chi connectivity index (χ3n) is 7.61. The van der Waals surface area contributed by atoms with Crippen LogP contribution in [0.3, 0.4) is 0 Å². The third kappa shape index (κ3) is 8.87. The topological polar surface area (TPSA) is 47.6 Å². The summed E-state index contributed by atoms with van der Waals surface area (Å²) in [5.41, 5.74) is 5.49. The Morgan fingerprint density at radius 3 is 2.37 bits per heavy atom. The van der Waals surface area contributed by atoms with Crippen LogP contribution in [0.25, 0.3) is 0 Å². The fraction of sp³-hybridized carbons (Fsp3) is 0.700. The summed E-state index contributed by atoms with van der Waals surface area (Å²) in [5.74, 6) is 1.16. The van der Waals surface area contributed by atoms with Gasteiger partial charge >= 0.3 is 0 Å². The zero-order valence-electron chi connectivity index (χ0n) is 23.3. The van der Waals surface area contributed by atoms with Gasteiger partial charge in [0.25, 0.3) is 0 Å². The van der Waals surface area contributed by atoms with Gasteiger partial charge in [0.05, 0.1) is 21.3 Å². The molecule has 5 heteroatoms. The van der Waals surface area contributed by atoms with Gasteiger partial charge < -0.3 is 14.8 Å². The van der Waals surface area contributed by atoms with Crippen LogP contribution in [0.2, 0.25) is 19.6 Å². The molecular formula is C30H49NO3Si. The molecule has 0 unspecified atom stereocenters. The summed E-state index contributed by atoms with van der Waals surface area (Å²) in [6.07, 6.45) is 5.73. The van der Waals surface area contributed by atoms with E-state index in [4.69, 9.17) is 9.47 Å². The summed E-state index contributed by atoms with van der Waals surface area (Å²) in [6.45, 7) is 18.3. The molecule has 1 amide bonds. The van der Waals surface area contributed by atoms with Gasteiger partial charge in [-0.2, -0.15) is 0 Å². The summed E-state index contributed by atoms with van der Waals surface area (Å²) in [5, 5.41) is 3.19. The molecule has 196 valence electrons. The highest BCUT2D eigenvalue weighted by Crippen LogP contribution is 2.44. The Balaban J connectivity index is 1.64. The zero-order chi connectivity index (χ0) is 25.7. The highest BCUT2D eigenvalue weighted by Gasteiger charge is 2.40. The number of benzene rings is 1. The second-order valence-electron chi connectivity index (χ2n) is 13.1. The number of carbonyl (C=O) groups is 1. The molecule has 0 spiro atoms. The standard InChI is InChI=1S/C30H49NO3Si/c1-23-13-14-25(19-28(32)31-18-16-24-11-9-8-10-12-24)27(20-35(5,6)7)26(23)15-17-30(4)33-21-29(2,3)22-34-30/h8-12,20,23,25-26H,13-19,21-22H2,1-7H3,(H,31,32)/b27-20-/t23-,25+,26+/m1/s1. The number of carbonyl (C=O) groups excluding carboxylic acids is 1. The highest BCUT2D eigenvalue weighted by atomic mass is 28.3. The first-order chi connectivity index (χ1) is 16.4. The molecule has 0 bridgehead atoms. The lowest BCUT2D eigenvalue weighted by atomic mass is 9.68. The summed E-state index contributed by atoms with van der Waals surface area (Å²) in [7, 11) is -1.44. The summed E-state index contributed by atoms with van der Waals surface area (Å²) in [4.78, 5) is 13.0. The number of amides is 1. The molecule has 1 N–H and O–H groups in total. The van der Waals surface area contributed by atoms with Crippen LogP contribution < -0.4 is 5.32 Å². The molecule has 2 fully saturated rings. The molecule has 1 aliphatic carbocycles. The number of allylic oxidation sites excluding steroid dienone is 1. The van der Waals surface area contributed by atoms with Gasteiger partial charge in [-0.15, -0.1) is 0 Å². The Bertz CT molecular complexity index is 848. The van der Waals surface area contributed by atoms with Crippen molar-refractivity contribution in [1.82, 2.24) is 5.32 Å². The number of ether oxygens (including phenoxy) is 2. The molecule has 35 heavy (non-hydrogen) atoms. The minimum atomic E-state index is -1.44. The largest absolute Gasteiger partial charge is 0.356 e. The fourth-order valence-corrected chi connectivity index (χ4v) is 6.94. The maximum Gasteiger partial charge on any atom is 0.220 e. The molecule has 3 atom stereocenters. The Kier molecular flexibility index (Phi) is 9.44. The number of hydrogen-bond acceptors (Lipinski definition) is 3. The number of hydrogen-bond donors (Lipinski definition) is 1. The minimum absolute atomic E-state index is 0.0828. The lowest BCUT2D eigenvalue weighted by Crippen LogP contribution is -2.46. The van der Waals surface area contributed by atoms with Crippen molar-refractivity contribution in [3.63, 3.8) is 0 Å². The second kappa shape index (κ2) is 11.7. The van der Waals surface area contributed by atoms with E-state index >= 15 is 0 Å².